The number of carbonyl (C=O) groups is 1. The maximum absolute atomic E-state index is 13.9. The summed E-state index contributed by atoms with van der Waals surface area (Å²) in [7, 11) is 0. The minimum Gasteiger partial charge on any atom is -0.298 e. The molecule has 20 heavy (non-hydrogen) atoms. The number of alkyl halides is 3. The van der Waals surface area contributed by atoms with Gasteiger partial charge in [0.05, 0.1) is 11.1 Å². The quantitative estimate of drug-likeness (QED) is 0.588. The Morgan fingerprint density at radius 3 is 2.30 bits per heavy atom. The molecule has 0 aliphatic carbocycles. The third kappa shape index (κ3) is 2.68. The summed E-state index contributed by atoms with van der Waals surface area (Å²) in [6.07, 6.45) is -4.50. The Balaban J connectivity index is 2.65. The fourth-order valence-electron chi connectivity index (χ4n) is 1.77. The van der Waals surface area contributed by atoms with Gasteiger partial charge in [-0.15, -0.1) is 0 Å². The molecule has 0 amide bonds. The molecule has 0 N–H and O–H groups in total. The zero-order valence-corrected chi connectivity index (χ0v) is 9.84. The highest BCUT2D eigenvalue weighted by molar-refractivity contribution is 5.79. The van der Waals surface area contributed by atoms with E-state index in [0.717, 1.165) is 6.07 Å². The highest BCUT2D eigenvalue weighted by Crippen LogP contribution is 2.34. The molecule has 0 fully saturated rings. The summed E-state index contributed by atoms with van der Waals surface area (Å²) < 4.78 is 64.9. The highest BCUT2D eigenvalue weighted by atomic mass is 19.4. The summed E-state index contributed by atoms with van der Waals surface area (Å²) in [6, 6.07) is 5.40. The van der Waals surface area contributed by atoms with Crippen LogP contribution < -0.4 is 0 Å². The van der Waals surface area contributed by atoms with Crippen LogP contribution in [0.15, 0.2) is 36.4 Å². The van der Waals surface area contributed by atoms with E-state index in [1.807, 2.05) is 0 Å². The van der Waals surface area contributed by atoms with E-state index in [-0.39, 0.29) is 23.0 Å². The van der Waals surface area contributed by atoms with Crippen LogP contribution in [-0.2, 0) is 6.18 Å². The molecule has 2 aromatic carbocycles. The first-order valence-corrected chi connectivity index (χ1v) is 5.45. The molecule has 0 aliphatic heterocycles. The topological polar surface area (TPSA) is 17.1 Å². The number of hydrogen-bond donors (Lipinski definition) is 0. The third-order valence-corrected chi connectivity index (χ3v) is 2.69. The lowest BCUT2D eigenvalue weighted by Gasteiger charge is -2.10. The predicted octanol–water partition coefficient (Wildman–Crippen LogP) is 4.46. The van der Waals surface area contributed by atoms with Gasteiger partial charge < -0.3 is 0 Å². The average molecular weight is 286 g/mol. The summed E-state index contributed by atoms with van der Waals surface area (Å²) in [5, 5.41) is 0. The van der Waals surface area contributed by atoms with Gasteiger partial charge in [0, 0.05) is 5.56 Å². The maximum atomic E-state index is 13.9. The second-order valence-electron chi connectivity index (χ2n) is 4.05. The van der Waals surface area contributed by atoms with Crippen LogP contribution in [0.4, 0.5) is 22.0 Å². The van der Waals surface area contributed by atoms with Crippen LogP contribution in [0.1, 0.15) is 15.9 Å². The van der Waals surface area contributed by atoms with Crippen molar-refractivity contribution < 1.29 is 26.7 Å². The molecule has 1 nitrogen and oxygen atoms in total. The van der Waals surface area contributed by atoms with E-state index < -0.39 is 23.4 Å². The molecule has 6 heteroatoms. The van der Waals surface area contributed by atoms with Gasteiger partial charge in [-0.25, -0.2) is 8.78 Å². The molecule has 0 aliphatic rings. The number of halogens is 5. The molecule has 0 aromatic heterocycles. The first-order valence-electron chi connectivity index (χ1n) is 5.45. The van der Waals surface area contributed by atoms with E-state index in [0.29, 0.717) is 12.1 Å². The second-order valence-corrected chi connectivity index (χ2v) is 4.05. The Hall–Kier alpha value is -2.24. The van der Waals surface area contributed by atoms with Gasteiger partial charge in [-0.1, -0.05) is 12.1 Å². The van der Waals surface area contributed by atoms with Crippen molar-refractivity contribution in [1.82, 2.24) is 0 Å². The molecule has 0 atom stereocenters. The Morgan fingerprint density at radius 1 is 1.00 bits per heavy atom. The largest absolute Gasteiger partial charge is 0.416 e. The van der Waals surface area contributed by atoms with E-state index >= 15 is 0 Å². The lowest BCUT2D eigenvalue weighted by molar-refractivity contribution is -0.137. The molecular formula is C14H7F5O. The number of carbonyl (C=O) groups excluding carboxylic acids is 1. The van der Waals surface area contributed by atoms with Crippen molar-refractivity contribution in [2.45, 2.75) is 6.18 Å². The van der Waals surface area contributed by atoms with Crippen molar-refractivity contribution in [2.24, 2.45) is 0 Å². The molecule has 0 radical (unpaired) electrons. The predicted molar refractivity (Wildman–Crippen MR) is 62.2 cm³/mol. The van der Waals surface area contributed by atoms with Gasteiger partial charge in [-0.05, 0) is 29.8 Å². The van der Waals surface area contributed by atoms with Gasteiger partial charge in [-0.2, -0.15) is 13.2 Å². The summed E-state index contributed by atoms with van der Waals surface area (Å²) >= 11 is 0. The first-order chi connectivity index (χ1) is 9.32. The van der Waals surface area contributed by atoms with Gasteiger partial charge in [0.15, 0.2) is 6.29 Å². The number of rotatable bonds is 2. The Morgan fingerprint density at radius 2 is 1.70 bits per heavy atom. The minimum atomic E-state index is -4.74. The van der Waals surface area contributed by atoms with Gasteiger partial charge >= 0.3 is 6.18 Å². The van der Waals surface area contributed by atoms with Gasteiger partial charge in [0.25, 0.3) is 0 Å². The summed E-state index contributed by atoms with van der Waals surface area (Å²) in [5.74, 6) is -2.12. The van der Waals surface area contributed by atoms with Crippen LogP contribution in [0.2, 0.25) is 0 Å². The average Bonchev–Trinajstić information content (AvgIpc) is 2.37. The van der Waals surface area contributed by atoms with Crippen molar-refractivity contribution in [3.05, 3.63) is 59.2 Å². The van der Waals surface area contributed by atoms with Crippen molar-refractivity contribution >= 4 is 6.29 Å². The van der Waals surface area contributed by atoms with Crippen LogP contribution in [0.5, 0.6) is 0 Å². The maximum Gasteiger partial charge on any atom is 0.416 e. The molecule has 0 spiro atoms. The lowest BCUT2D eigenvalue weighted by Crippen LogP contribution is -2.06. The van der Waals surface area contributed by atoms with E-state index in [2.05, 4.69) is 0 Å². The SMILES string of the molecule is O=Cc1cccc(-c2cc(F)cc(C(F)(F)F)c2)c1F. The molecule has 0 saturated heterocycles. The van der Waals surface area contributed by atoms with E-state index in [9.17, 15) is 26.7 Å². The van der Waals surface area contributed by atoms with Crippen LogP contribution in [0.25, 0.3) is 11.1 Å². The van der Waals surface area contributed by atoms with Crippen LogP contribution >= 0.6 is 0 Å². The smallest absolute Gasteiger partial charge is 0.298 e. The number of aldehydes is 1. The molecule has 0 saturated carbocycles. The fraction of sp³-hybridized carbons (Fsp3) is 0.0714. The van der Waals surface area contributed by atoms with Crippen molar-refractivity contribution in [3.63, 3.8) is 0 Å². The van der Waals surface area contributed by atoms with Crippen molar-refractivity contribution in [1.29, 1.82) is 0 Å². The Labute approximate surface area is 110 Å². The summed E-state index contributed by atoms with van der Waals surface area (Å²) in [4.78, 5) is 10.6. The molecule has 0 unspecified atom stereocenters. The van der Waals surface area contributed by atoms with E-state index in [4.69, 9.17) is 0 Å². The van der Waals surface area contributed by atoms with Crippen LogP contribution in [0.3, 0.4) is 0 Å². The molecule has 0 heterocycles. The Bertz CT molecular complexity index is 661. The zero-order valence-electron chi connectivity index (χ0n) is 9.84. The van der Waals surface area contributed by atoms with Gasteiger partial charge in [0.2, 0.25) is 0 Å². The number of hydrogen-bond acceptors (Lipinski definition) is 1. The van der Waals surface area contributed by atoms with E-state index in [1.54, 1.807) is 0 Å². The summed E-state index contributed by atoms with van der Waals surface area (Å²) in [5.41, 5.74) is -2.07. The minimum absolute atomic E-state index is 0.239. The van der Waals surface area contributed by atoms with Gasteiger partial charge in [0.1, 0.15) is 11.6 Å². The normalized spacial score (nSPS) is 11.4. The fourth-order valence-corrected chi connectivity index (χ4v) is 1.77. The monoisotopic (exact) mass is 286 g/mol. The Kier molecular flexibility index (Phi) is 3.57. The standard InChI is InChI=1S/C14H7F5O/c15-11-5-9(4-10(6-11)14(17,18)19)12-3-1-2-8(7-20)13(12)16/h1-7H. The molecular weight excluding hydrogens is 279 g/mol. The molecule has 2 aromatic rings. The molecule has 104 valence electrons. The van der Waals surface area contributed by atoms with Crippen LogP contribution in [-0.4, -0.2) is 6.29 Å². The molecule has 0 bridgehead atoms. The third-order valence-electron chi connectivity index (χ3n) is 2.69. The van der Waals surface area contributed by atoms with E-state index in [1.165, 1.54) is 18.2 Å². The van der Waals surface area contributed by atoms with Crippen molar-refractivity contribution in [2.75, 3.05) is 0 Å². The summed E-state index contributed by atoms with van der Waals surface area (Å²) in [6.45, 7) is 0. The van der Waals surface area contributed by atoms with Crippen molar-refractivity contribution in [3.8, 4) is 11.1 Å². The number of benzene rings is 2. The zero-order chi connectivity index (χ0) is 14.9. The highest BCUT2D eigenvalue weighted by Gasteiger charge is 2.31. The first kappa shape index (κ1) is 14.2. The van der Waals surface area contributed by atoms with Gasteiger partial charge in [-0.3, -0.25) is 4.79 Å². The second kappa shape index (κ2) is 5.03. The molecule has 2 rings (SSSR count). The van der Waals surface area contributed by atoms with Crippen LogP contribution in [0, 0.1) is 11.6 Å². The lowest BCUT2D eigenvalue weighted by atomic mass is 10.00.